The molecule has 5 nitrogen and oxygen atoms in total. The molecule has 1 heterocycles. The summed E-state index contributed by atoms with van der Waals surface area (Å²) >= 11 is 0. The molecule has 1 saturated heterocycles. The molecule has 2 aromatic carbocycles. The number of nitrogens with one attached hydrogen (secondary N) is 2. The van der Waals surface area contributed by atoms with Gasteiger partial charge in [0, 0.05) is 6.04 Å². The van der Waals surface area contributed by atoms with Crippen LogP contribution < -0.4 is 15.4 Å². The van der Waals surface area contributed by atoms with E-state index < -0.39 is 0 Å². The Bertz CT molecular complexity index is 777. The minimum Gasteiger partial charge on any atom is -0.468 e. The van der Waals surface area contributed by atoms with Crippen LogP contribution in [0.2, 0.25) is 0 Å². The highest BCUT2D eigenvalue weighted by Gasteiger charge is 2.40. The maximum atomic E-state index is 13.2. The van der Waals surface area contributed by atoms with Crippen molar-refractivity contribution >= 4 is 18.3 Å². The first-order chi connectivity index (χ1) is 14.1. The number of benzene rings is 2. The molecular formula is C24H33ClN2O3. The molecule has 1 amide bonds. The van der Waals surface area contributed by atoms with Crippen LogP contribution in [-0.2, 0) is 10.3 Å². The van der Waals surface area contributed by atoms with Crippen molar-refractivity contribution in [3.05, 3.63) is 65.7 Å². The Morgan fingerprint density at radius 3 is 2.43 bits per heavy atom. The first-order valence-electron chi connectivity index (χ1n) is 10.5. The van der Waals surface area contributed by atoms with Crippen molar-refractivity contribution in [3.8, 4) is 5.75 Å². The Morgan fingerprint density at radius 1 is 1.17 bits per heavy atom. The molecule has 3 rings (SSSR count). The third kappa shape index (κ3) is 5.34. The molecular weight excluding hydrogens is 400 g/mol. The largest absolute Gasteiger partial charge is 0.468 e. The van der Waals surface area contributed by atoms with Crippen LogP contribution in [0, 0.1) is 0 Å². The Balaban J connectivity index is 0.00000320. The number of piperidine rings is 1. The van der Waals surface area contributed by atoms with Gasteiger partial charge in [-0.3, -0.25) is 4.79 Å². The van der Waals surface area contributed by atoms with Crippen LogP contribution in [0.4, 0.5) is 0 Å². The van der Waals surface area contributed by atoms with E-state index in [1.165, 1.54) is 5.56 Å². The van der Waals surface area contributed by atoms with Gasteiger partial charge in [0.05, 0.1) is 11.5 Å². The van der Waals surface area contributed by atoms with Crippen molar-refractivity contribution < 1.29 is 14.6 Å². The first-order valence-corrected chi connectivity index (χ1v) is 10.5. The fourth-order valence-corrected chi connectivity index (χ4v) is 4.41. The number of ether oxygens (including phenoxy) is 1. The van der Waals surface area contributed by atoms with E-state index in [0.29, 0.717) is 12.2 Å². The summed E-state index contributed by atoms with van der Waals surface area (Å²) < 4.78 is 5.09. The summed E-state index contributed by atoms with van der Waals surface area (Å²) in [6, 6.07) is 17.8. The summed E-state index contributed by atoms with van der Waals surface area (Å²) in [5.41, 5.74) is 1.94. The molecule has 0 aromatic heterocycles. The summed E-state index contributed by atoms with van der Waals surface area (Å²) in [5.74, 6) is 0.407. The summed E-state index contributed by atoms with van der Waals surface area (Å²) in [5, 5.41) is 15.9. The van der Waals surface area contributed by atoms with Gasteiger partial charge in [0.2, 0.25) is 5.91 Å². The average Bonchev–Trinajstić information content (AvgIpc) is 2.76. The van der Waals surface area contributed by atoms with Gasteiger partial charge in [-0.15, -0.1) is 12.4 Å². The number of halogens is 1. The standard InChI is InChI=1S/C24H32N2O3.ClH/c1-3-22(19-11-13-21(14-12-19)29-17-27)23(28)26-18(2)24(15-7-8-16-25-24)20-9-5-4-6-10-20;/h4-6,9-14,18,22,25,27H,3,7-8,15-17H2,1-2H3,(H,26,28);1H. The molecule has 1 aliphatic heterocycles. The molecule has 3 unspecified atom stereocenters. The van der Waals surface area contributed by atoms with E-state index in [1.807, 2.05) is 25.1 Å². The number of hydrogen-bond acceptors (Lipinski definition) is 4. The lowest BCUT2D eigenvalue weighted by atomic mass is 9.76. The van der Waals surface area contributed by atoms with Crippen LogP contribution >= 0.6 is 12.4 Å². The van der Waals surface area contributed by atoms with Gasteiger partial charge in [-0.05, 0) is 62.4 Å². The highest BCUT2D eigenvalue weighted by atomic mass is 35.5. The van der Waals surface area contributed by atoms with Crippen molar-refractivity contribution in [2.24, 2.45) is 0 Å². The Hall–Kier alpha value is -2.08. The zero-order chi connectivity index (χ0) is 20.7. The van der Waals surface area contributed by atoms with Crippen LogP contribution in [-0.4, -0.2) is 30.4 Å². The van der Waals surface area contributed by atoms with Gasteiger partial charge >= 0.3 is 0 Å². The van der Waals surface area contributed by atoms with Gasteiger partial charge in [-0.25, -0.2) is 0 Å². The van der Waals surface area contributed by atoms with E-state index >= 15 is 0 Å². The number of carbonyl (C=O) groups excluding carboxylic acids is 1. The number of aliphatic hydroxyl groups excluding tert-OH is 1. The minimum absolute atomic E-state index is 0. The molecule has 0 aliphatic carbocycles. The number of carbonyl (C=O) groups is 1. The van der Waals surface area contributed by atoms with Crippen molar-refractivity contribution in [1.29, 1.82) is 0 Å². The van der Waals surface area contributed by atoms with Gasteiger partial charge in [0.15, 0.2) is 6.79 Å². The predicted molar refractivity (Wildman–Crippen MR) is 122 cm³/mol. The predicted octanol–water partition coefficient (Wildman–Crippen LogP) is 4.10. The summed E-state index contributed by atoms with van der Waals surface area (Å²) in [6.45, 7) is 4.73. The number of rotatable bonds is 8. The molecule has 164 valence electrons. The van der Waals surface area contributed by atoms with Crippen LogP contribution in [0.15, 0.2) is 54.6 Å². The topological polar surface area (TPSA) is 70.6 Å². The lowest BCUT2D eigenvalue weighted by molar-refractivity contribution is -0.124. The Morgan fingerprint density at radius 2 is 1.87 bits per heavy atom. The lowest BCUT2D eigenvalue weighted by Crippen LogP contribution is -2.59. The normalized spacial score (nSPS) is 20.5. The minimum atomic E-state index is -0.358. The summed E-state index contributed by atoms with van der Waals surface area (Å²) in [4.78, 5) is 13.2. The fourth-order valence-electron chi connectivity index (χ4n) is 4.41. The Labute approximate surface area is 185 Å². The molecule has 6 heteroatoms. The van der Waals surface area contributed by atoms with Crippen LogP contribution in [0.5, 0.6) is 5.75 Å². The van der Waals surface area contributed by atoms with Gasteiger partial charge in [-0.2, -0.15) is 0 Å². The van der Waals surface area contributed by atoms with E-state index in [0.717, 1.165) is 31.4 Å². The molecule has 1 aliphatic rings. The molecule has 0 saturated carbocycles. The second-order valence-corrected chi connectivity index (χ2v) is 7.75. The first kappa shape index (κ1) is 24.2. The Kier molecular flexibility index (Phi) is 9.15. The van der Waals surface area contributed by atoms with Crippen molar-refractivity contribution in [1.82, 2.24) is 10.6 Å². The van der Waals surface area contributed by atoms with Crippen molar-refractivity contribution in [2.45, 2.75) is 57.0 Å². The third-order valence-corrected chi connectivity index (χ3v) is 6.06. The van der Waals surface area contributed by atoms with E-state index in [-0.39, 0.29) is 42.6 Å². The SMILES string of the molecule is CCC(C(=O)NC(C)C1(c2ccccc2)CCCCN1)c1ccc(OCO)cc1.Cl. The molecule has 1 fully saturated rings. The number of hydrogen-bond donors (Lipinski definition) is 3. The van der Waals surface area contributed by atoms with Crippen LogP contribution in [0.1, 0.15) is 56.6 Å². The zero-order valence-corrected chi connectivity index (χ0v) is 18.6. The molecule has 3 atom stereocenters. The summed E-state index contributed by atoms with van der Waals surface area (Å²) in [7, 11) is 0. The smallest absolute Gasteiger partial charge is 0.227 e. The molecule has 30 heavy (non-hydrogen) atoms. The highest BCUT2D eigenvalue weighted by molar-refractivity contribution is 5.85. The van der Waals surface area contributed by atoms with E-state index in [9.17, 15) is 4.79 Å². The van der Waals surface area contributed by atoms with Crippen molar-refractivity contribution in [2.75, 3.05) is 13.3 Å². The van der Waals surface area contributed by atoms with E-state index in [4.69, 9.17) is 9.84 Å². The highest BCUT2D eigenvalue weighted by Crippen LogP contribution is 2.34. The number of amides is 1. The molecule has 0 spiro atoms. The van der Waals surface area contributed by atoms with Gasteiger partial charge < -0.3 is 20.5 Å². The van der Waals surface area contributed by atoms with Crippen molar-refractivity contribution in [3.63, 3.8) is 0 Å². The third-order valence-electron chi connectivity index (χ3n) is 6.06. The average molecular weight is 433 g/mol. The zero-order valence-electron chi connectivity index (χ0n) is 17.8. The van der Waals surface area contributed by atoms with Gasteiger partial charge in [0.1, 0.15) is 5.75 Å². The summed E-state index contributed by atoms with van der Waals surface area (Å²) in [6.07, 6.45) is 4.02. The van der Waals surface area contributed by atoms with E-state index in [2.05, 4.69) is 41.8 Å². The molecule has 2 aromatic rings. The molecule has 0 radical (unpaired) electrons. The second kappa shape index (κ2) is 11.3. The van der Waals surface area contributed by atoms with Gasteiger partial charge in [0.25, 0.3) is 0 Å². The maximum Gasteiger partial charge on any atom is 0.227 e. The van der Waals surface area contributed by atoms with Crippen LogP contribution in [0.25, 0.3) is 0 Å². The van der Waals surface area contributed by atoms with Crippen LogP contribution in [0.3, 0.4) is 0 Å². The van der Waals surface area contributed by atoms with Gasteiger partial charge in [-0.1, -0.05) is 49.4 Å². The fraction of sp³-hybridized carbons (Fsp3) is 0.458. The second-order valence-electron chi connectivity index (χ2n) is 7.75. The van der Waals surface area contributed by atoms with E-state index in [1.54, 1.807) is 12.1 Å². The molecule has 0 bridgehead atoms. The maximum absolute atomic E-state index is 13.2. The quantitative estimate of drug-likeness (QED) is 0.549. The number of aliphatic hydroxyl groups is 1. The monoisotopic (exact) mass is 432 g/mol. The molecule has 3 N–H and O–H groups in total. The lowest BCUT2D eigenvalue weighted by Gasteiger charge is -2.44.